The van der Waals surface area contributed by atoms with Crippen LogP contribution >= 0.6 is 0 Å². The molecule has 0 aliphatic rings. The molecular weight excluding hydrogens is 212 g/mol. The van der Waals surface area contributed by atoms with Gasteiger partial charge in [0.1, 0.15) is 11.5 Å². The van der Waals surface area contributed by atoms with Crippen LogP contribution < -0.4 is 5.32 Å². The fourth-order valence-corrected chi connectivity index (χ4v) is 2.07. The van der Waals surface area contributed by atoms with Crippen molar-refractivity contribution >= 4 is 0 Å². The summed E-state index contributed by atoms with van der Waals surface area (Å²) in [5, 5.41) is 3.27. The number of nitrogens with one attached hydrogen (secondary N) is 1. The average molecular weight is 238 g/mol. The van der Waals surface area contributed by atoms with Crippen molar-refractivity contribution in [2.24, 2.45) is 11.8 Å². The van der Waals surface area contributed by atoms with E-state index in [4.69, 9.17) is 4.42 Å². The Morgan fingerprint density at radius 2 is 2.06 bits per heavy atom. The van der Waals surface area contributed by atoms with Crippen molar-refractivity contribution in [2.45, 2.75) is 27.3 Å². The molecule has 1 atom stereocenters. The minimum atomic E-state index is 0.682. The molecule has 1 aromatic heterocycles. The summed E-state index contributed by atoms with van der Waals surface area (Å²) in [6.45, 7) is 9.61. The number of hydrogen-bond donors (Lipinski definition) is 1. The van der Waals surface area contributed by atoms with Gasteiger partial charge in [0.2, 0.25) is 0 Å². The van der Waals surface area contributed by atoms with Crippen LogP contribution in [0.4, 0.5) is 0 Å². The van der Waals surface area contributed by atoms with Gasteiger partial charge in [0.05, 0.1) is 6.54 Å². The van der Waals surface area contributed by atoms with Crippen LogP contribution in [0.3, 0.4) is 0 Å². The Morgan fingerprint density at radius 1 is 1.35 bits per heavy atom. The summed E-state index contributed by atoms with van der Waals surface area (Å²) in [6, 6.07) is 4.09. The van der Waals surface area contributed by atoms with Gasteiger partial charge in [-0.05, 0) is 51.5 Å². The van der Waals surface area contributed by atoms with Gasteiger partial charge in [0.25, 0.3) is 0 Å². The van der Waals surface area contributed by atoms with Gasteiger partial charge in [-0.3, -0.25) is 4.90 Å². The first-order chi connectivity index (χ1) is 8.02. The first-order valence-electron chi connectivity index (χ1n) is 6.41. The van der Waals surface area contributed by atoms with Crippen molar-refractivity contribution in [1.82, 2.24) is 10.2 Å². The Labute approximate surface area is 105 Å². The van der Waals surface area contributed by atoms with Crippen molar-refractivity contribution in [3.63, 3.8) is 0 Å². The third-order valence-electron chi connectivity index (χ3n) is 3.18. The summed E-state index contributed by atoms with van der Waals surface area (Å²) in [5.41, 5.74) is 0. The molecule has 1 heterocycles. The number of nitrogens with zero attached hydrogens (tertiary/aromatic N) is 1. The molecule has 0 aromatic carbocycles. The summed E-state index contributed by atoms with van der Waals surface area (Å²) in [5.74, 6) is 3.42. The maximum absolute atomic E-state index is 5.60. The average Bonchev–Trinajstić information content (AvgIpc) is 2.63. The Kier molecular flexibility index (Phi) is 5.72. The highest BCUT2D eigenvalue weighted by Gasteiger charge is 2.15. The maximum atomic E-state index is 5.60. The van der Waals surface area contributed by atoms with E-state index < -0.39 is 0 Å². The monoisotopic (exact) mass is 238 g/mol. The molecular formula is C14H26N2O. The van der Waals surface area contributed by atoms with E-state index in [0.717, 1.165) is 31.2 Å². The zero-order valence-electron chi connectivity index (χ0n) is 11.8. The summed E-state index contributed by atoms with van der Waals surface area (Å²) < 4.78 is 5.60. The topological polar surface area (TPSA) is 28.4 Å². The highest BCUT2D eigenvalue weighted by molar-refractivity contribution is 5.05. The van der Waals surface area contributed by atoms with Crippen LogP contribution in [0.15, 0.2) is 16.5 Å². The van der Waals surface area contributed by atoms with E-state index in [2.05, 4.69) is 37.2 Å². The van der Waals surface area contributed by atoms with Crippen molar-refractivity contribution < 1.29 is 4.42 Å². The minimum Gasteiger partial charge on any atom is -0.465 e. The molecule has 0 saturated carbocycles. The Bertz CT molecular complexity index is 320. The van der Waals surface area contributed by atoms with Gasteiger partial charge in [-0.15, -0.1) is 0 Å². The smallest absolute Gasteiger partial charge is 0.118 e. The largest absolute Gasteiger partial charge is 0.465 e. The van der Waals surface area contributed by atoms with Crippen LogP contribution in [-0.4, -0.2) is 32.1 Å². The molecule has 1 rings (SSSR count). The van der Waals surface area contributed by atoms with E-state index in [0.29, 0.717) is 11.8 Å². The van der Waals surface area contributed by atoms with Crippen molar-refractivity contribution in [3.8, 4) is 0 Å². The van der Waals surface area contributed by atoms with Gasteiger partial charge < -0.3 is 9.73 Å². The third-order valence-corrected chi connectivity index (χ3v) is 3.18. The molecule has 0 spiro atoms. The van der Waals surface area contributed by atoms with Gasteiger partial charge in [-0.1, -0.05) is 13.8 Å². The summed E-state index contributed by atoms with van der Waals surface area (Å²) in [7, 11) is 4.17. The van der Waals surface area contributed by atoms with Gasteiger partial charge in [-0.2, -0.15) is 0 Å². The third kappa shape index (κ3) is 4.92. The molecule has 17 heavy (non-hydrogen) atoms. The maximum Gasteiger partial charge on any atom is 0.118 e. The molecule has 0 radical (unpaired) electrons. The van der Waals surface area contributed by atoms with Crippen LogP contribution in [0.5, 0.6) is 0 Å². The van der Waals surface area contributed by atoms with E-state index in [1.807, 2.05) is 20.0 Å². The lowest BCUT2D eigenvalue weighted by Gasteiger charge is -2.26. The minimum absolute atomic E-state index is 0.682. The van der Waals surface area contributed by atoms with Crippen LogP contribution in [0.1, 0.15) is 25.4 Å². The van der Waals surface area contributed by atoms with Gasteiger partial charge in [-0.25, -0.2) is 0 Å². The lowest BCUT2D eigenvalue weighted by molar-refractivity contribution is 0.214. The molecule has 0 amide bonds. The highest BCUT2D eigenvalue weighted by atomic mass is 16.3. The second kappa shape index (κ2) is 6.82. The molecule has 98 valence electrons. The standard InChI is InChI=1S/C14H26N2O/c1-11(2)13(8-15-4)9-16(5)10-14-7-6-12(3)17-14/h6-7,11,13,15H,8-10H2,1-5H3. The zero-order valence-corrected chi connectivity index (χ0v) is 11.8. The molecule has 3 heteroatoms. The van der Waals surface area contributed by atoms with Crippen LogP contribution in [-0.2, 0) is 6.54 Å². The first-order valence-corrected chi connectivity index (χ1v) is 6.41. The van der Waals surface area contributed by atoms with Crippen LogP contribution in [0, 0.1) is 18.8 Å². The predicted molar refractivity (Wildman–Crippen MR) is 72.0 cm³/mol. The molecule has 0 aliphatic heterocycles. The molecule has 0 saturated heterocycles. The fraction of sp³-hybridized carbons (Fsp3) is 0.714. The summed E-state index contributed by atoms with van der Waals surface area (Å²) in [4.78, 5) is 2.33. The molecule has 3 nitrogen and oxygen atoms in total. The predicted octanol–water partition coefficient (Wildman–Crippen LogP) is 2.51. The molecule has 1 unspecified atom stereocenters. The van der Waals surface area contributed by atoms with E-state index >= 15 is 0 Å². The second-order valence-corrected chi connectivity index (χ2v) is 5.27. The summed E-state index contributed by atoms with van der Waals surface area (Å²) in [6.07, 6.45) is 0. The van der Waals surface area contributed by atoms with Gasteiger partial charge in [0.15, 0.2) is 0 Å². The molecule has 0 aliphatic carbocycles. The van der Waals surface area contributed by atoms with E-state index in [1.54, 1.807) is 0 Å². The van der Waals surface area contributed by atoms with E-state index in [9.17, 15) is 0 Å². The molecule has 1 aromatic rings. The van der Waals surface area contributed by atoms with Gasteiger partial charge >= 0.3 is 0 Å². The second-order valence-electron chi connectivity index (χ2n) is 5.27. The quantitative estimate of drug-likeness (QED) is 0.791. The van der Waals surface area contributed by atoms with Crippen LogP contribution in [0.2, 0.25) is 0 Å². The first kappa shape index (κ1) is 14.3. The van der Waals surface area contributed by atoms with Crippen molar-refractivity contribution in [2.75, 3.05) is 27.2 Å². The lowest BCUT2D eigenvalue weighted by Crippen LogP contribution is -2.34. The lowest BCUT2D eigenvalue weighted by atomic mass is 9.95. The Hall–Kier alpha value is -0.800. The van der Waals surface area contributed by atoms with Crippen LogP contribution in [0.25, 0.3) is 0 Å². The normalized spacial score (nSPS) is 13.6. The fourth-order valence-electron chi connectivity index (χ4n) is 2.07. The van der Waals surface area contributed by atoms with Gasteiger partial charge in [0, 0.05) is 6.54 Å². The zero-order chi connectivity index (χ0) is 12.8. The summed E-state index contributed by atoms with van der Waals surface area (Å²) >= 11 is 0. The SMILES string of the molecule is CNCC(CN(C)Cc1ccc(C)o1)C(C)C. The van der Waals surface area contributed by atoms with Crippen molar-refractivity contribution in [3.05, 3.63) is 23.7 Å². The highest BCUT2D eigenvalue weighted by Crippen LogP contribution is 2.14. The van der Waals surface area contributed by atoms with E-state index in [-0.39, 0.29) is 0 Å². The molecule has 1 N–H and O–H groups in total. The van der Waals surface area contributed by atoms with Crippen molar-refractivity contribution in [1.29, 1.82) is 0 Å². The number of aryl methyl sites for hydroxylation is 1. The Balaban J connectivity index is 2.44. The van der Waals surface area contributed by atoms with E-state index in [1.165, 1.54) is 0 Å². The molecule has 0 fully saturated rings. The Morgan fingerprint density at radius 3 is 2.53 bits per heavy atom. The number of rotatable bonds is 7. The molecule has 0 bridgehead atoms. The number of furan rings is 1. The number of hydrogen-bond acceptors (Lipinski definition) is 3.